The number of pyridine rings is 4. The molecule has 0 atom stereocenters. The average molecular weight is 961 g/mol. The third kappa shape index (κ3) is 9.05. The predicted octanol–water partition coefficient (Wildman–Crippen LogP) is 8.25. The van der Waals surface area contributed by atoms with E-state index >= 15 is 0 Å². The van der Waals surface area contributed by atoms with Crippen molar-refractivity contribution < 1.29 is 35.8 Å². The van der Waals surface area contributed by atoms with Crippen molar-refractivity contribution >= 4 is 56.5 Å². The molecule has 0 saturated carbocycles. The van der Waals surface area contributed by atoms with Crippen LogP contribution in [0.2, 0.25) is 0 Å². The van der Waals surface area contributed by atoms with Gasteiger partial charge in [0.2, 0.25) is 0 Å². The molecule has 2 aliphatic heterocycles. The molecule has 2 fully saturated rings. The Kier molecular flexibility index (Phi) is 12.3. The van der Waals surface area contributed by atoms with Crippen LogP contribution in [0.1, 0.15) is 11.1 Å². The molecule has 0 bridgehead atoms. The first kappa shape index (κ1) is 45.8. The molecule has 2 aliphatic rings. The molecule has 2 aromatic carbocycles. The molecule has 8 heterocycles. The van der Waals surface area contributed by atoms with Gasteiger partial charge in [-0.1, -0.05) is 12.1 Å². The molecule has 22 heteroatoms. The van der Waals surface area contributed by atoms with Gasteiger partial charge in [-0.15, -0.1) is 0 Å². The van der Waals surface area contributed by atoms with Gasteiger partial charge >= 0.3 is 12.4 Å². The molecule has 0 spiro atoms. The molecule has 10 rings (SSSR count). The van der Waals surface area contributed by atoms with Crippen molar-refractivity contribution in [3.8, 4) is 34.3 Å². The van der Waals surface area contributed by atoms with Crippen LogP contribution in [-0.2, 0) is 12.4 Å². The molecule has 0 radical (unpaired) electrons. The minimum atomic E-state index is -4.81. The summed E-state index contributed by atoms with van der Waals surface area (Å²) in [5.74, 6) is 2.44. The molecule has 0 unspecified atom stereocenters. The van der Waals surface area contributed by atoms with E-state index in [1.165, 1.54) is 60.9 Å². The van der Waals surface area contributed by atoms with Gasteiger partial charge in [-0.05, 0) is 60.7 Å². The smallest absolute Gasteiger partial charge is 0.416 e. The van der Waals surface area contributed by atoms with Crippen LogP contribution in [0, 0.1) is 0 Å². The van der Waals surface area contributed by atoms with Crippen molar-refractivity contribution in [3.05, 3.63) is 121 Å². The highest BCUT2D eigenvalue weighted by atomic mass is 19.4. The molecule has 2 saturated heterocycles. The lowest BCUT2D eigenvalue weighted by molar-refractivity contribution is -0.138. The zero-order chi connectivity index (χ0) is 48.6. The third-order valence-electron chi connectivity index (χ3n) is 11.9. The number of anilines is 6. The Morgan fingerprint density at radius 2 is 0.943 bits per heavy atom. The summed E-state index contributed by atoms with van der Waals surface area (Å²) < 4.78 is 99.2. The Labute approximate surface area is 396 Å². The van der Waals surface area contributed by atoms with Gasteiger partial charge < -0.3 is 29.9 Å². The topological polar surface area (TPSA) is 159 Å². The third-order valence-corrected chi connectivity index (χ3v) is 11.9. The Bertz CT molecular complexity index is 2990. The monoisotopic (exact) mass is 960 g/mol. The number of aromatic nitrogens is 8. The molecular formula is C48H42F6N14O2. The van der Waals surface area contributed by atoms with Crippen molar-refractivity contribution in [3.63, 3.8) is 0 Å². The van der Waals surface area contributed by atoms with Gasteiger partial charge in [0, 0.05) is 75.9 Å². The first-order chi connectivity index (χ1) is 33.9. The van der Waals surface area contributed by atoms with Crippen LogP contribution in [0.25, 0.3) is 44.6 Å². The van der Waals surface area contributed by atoms with Crippen molar-refractivity contribution in [2.24, 2.45) is 0 Å². The lowest BCUT2D eigenvalue weighted by atomic mass is 10.1. The number of hydrogen-bond donors (Lipinski definition) is 2. The standard InChI is InChI=1S/C48H42F6N14O2/c1-69-37-27-57-25-35-41(37)45(65-17-13-55-14-18-65)63-43(61-35)29-9-11-59-39(21-29)67(33-7-3-5-31(23-33)47(49,50)51)68(34-8-4-6-32(24-34)48(52,53)54)40-22-30(10-12-60-40)44-62-36-26-58-28-38(70-2)42(36)46(64-44)66-19-15-56-16-20-66/h3-12,21-28,55-56H,13-20H2,1-2H3. The number of fused-ring (bicyclic) bond motifs is 2. The van der Waals surface area contributed by atoms with Crippen LogP contribution in [-0.4, -0.2) is 106 Å². The van der Waals surface area contributed by atoms with Crippen molar-refractivity contribution in [2.75, 3.05) is 86.4 Å². The summed E-state index contributed by atoms with van der Waals surface area (Å²) >= 11 is 0. The first-order valence-electron chi connectivity index (χ1n) is 22.1. The summed E-state index contributed by atoms with van der Waals surface area (Å²) in [6.45, 7) is 5.23. The van der Waals surface area contributed by atoms with E-state index in [1.807, 2.05) is 0 Å². The molecule has 6 aromatic heterocycles. The molecule has 0 amide bonds. The number of methoxy groups -OCH3 is 2. The van der Waals surface area contributed by atoms with Crippen LogP contribution in [0.4, 0.5) is 61.0 Å². The lowest BCUT2D eigenvalue weighted by Crippen LogP contribution is -2.44. The molecule has 2 N–H and O–H groups in total. The number of hydrazine groups is 1. The maximum Gasteiger partial charge on any atom is 0.416 e. The molecule has 8 aromatic rings. The molecular weight excluding hydrogens is 919 g/mol. The Morgan fingerprint density at radius 1 is 0.529 bits per heavy atom. The fourth-order valence-electron chi connectivity index (χ4n) is 8.53. The Balaban J connectivity index is 1.19. The SMILES string of the molecule is COc1cncc2nc(-c3ccnc(N(c4cccc(C(F)(F)F)c4)N(c4cccc(C(F)(F)F)c4)c4cc(-c5nc(N6CCNCC6)c6c(OC)cncc6n5)ccn4)c3)nc(N3CCNCC3)c12. The average Bonchev–Trinajstić information content (AvgIpc) is 3.39. The van der Waals surface area contributed by atoms with Gasteiger partial charge in [0.1, 0.15) is 23.1 Å². The Hall–Kier alpha value is -7.98. The highest BCUT2D eigenvalue weighted by molar-refractivity contribution is 5.97. The van der Waals surface area contributed by atoms with E-state index < -0.39 is 23.5 Å². The number of benzene rings is 2. The second-order valence-corrected chi connectivity index (χ2v) is 16.2. The van der Waals surface area contributed by atoms with Gasteiger partial charge in [0.25, 0.3) is 0 Å². The fourth-order valence-corrected chi connectivity index (χ4v) is 8.53. The quantitative estimate of drug-likeness (QED) is 0.0942. The number of rotatable bonds is 11. The zero-order valence-electron chi connectivity index (χ0n) is 37.5. The minimum absolute atomic E-state index is 0.0289. The number of ether oxygens (including phenoxy) is 2. The van der Waals surface area contributed by atoms with Crippen LogP contribution < -0.4 is 39.9 Å². The number of alkyl halides is 6. The zero-order valence-corrected chi connectivity index (χ0v) is 37.5. The summed E-state index contributed by atoms with van der Waals surface area (Å²) in [4.78, 5) is 42.0. The van der Waals surface area contributed by atoms with E-state index in [2.05, 4.69) is 40.4 Å². The number of piperazine rings is 2. The first-order valence-corrected chi connectivity index (χ1v) is 22.1. The van der Waals surface area contributed by atoms with E-state index in [1.54, 1.807) is 49.1 Å². The fraction of sp³-hybridized carbons (Fsp3) is 0.250. The van der Waals surface area contributed by atoms with E-state index in [-0.39, 0.29) is 34.7 Å². The van der Waals surface area contributed by atoms with Gasteiger partial charge in [-0.2, -0.15) is 26.3 Å². The molecule has 16 nitrogen and oxygen atoms in total. The Morgan fingerprint density at radius 3 is 1.33 bits per heavy atom. The normalized spacial score (nSPS) is 14.5. The van der Waals surface area contributed by atoms with Crippen molar-refractivity contribution in [1.82, 2.24) is 50.5 Å². The van der Waals surface area contributed by atoms with Crippen molar-refractivity contribution in [2.45, 2.75) is 12.4 Å². The highest BCUT2D eigenvalue weighted by Crippen LogP contribution is 2.43. The highest BCUT2D eigenvalue weighted by Gasteiger charge is 2.35. The van der Waals surface area contributed by atoms with Gasteiger partial charge in [0.15, 0.2) is 23.3 Å². The van der Waals surface area contributed by atoms with Crippen LogP contribution >= 0.6 is 0 Å². The summed E-state index contributed by atoms with van der Waals surface area (Å²) in [5, 5.41) is 10.5. The van der Waals surface area contributed by atoms with Crippen molar-refractivity contribution in [1.29, 1.82) is 0 Å². The summed E-state index contributed by atoms with van der Waals surface area (Å²) in [5.41, 5.74) is -0.617. The van der Waals surface area contributed by atoms with Gasteiger partial charge in [-0.3, -0.25) is 9.97 Å². The van der Waals surface area contributed by atoms with Gasteiger partial charge in [0.05, 0.1) is 83.3 Å². The van der Waals surface area contributed by atoms with Gasteiger partial charge in [-0.25, -0.2) is 39.9 Å². The van der Waals surface area contributed by atoms with E-state index in [0.29, 0.717) is 108 Å². The molecule has 70 heavy (non-hydrogen) atoms. The minimum Gasteiger partial charge on any atom is -0.494 e. The number of nitrogens with zero attached hydrogens (tertiary/aromatic N) is 12. The van der Waals surface area contributed by atoms with Crippen LogP contribution in [0.15, 0.2) is 110 Å². The number of hydrogen-bond acceptors (Lipinski definition) is 16. The summed E-state index contributed by atoms with van der Waals surface area (Å²) in [6, 6.07) is 15.1. The summed E-state index contributed by atoms with van der Waals surface area (Å²) in [6.07, 6.45) is -0.460. The number of halogens is 6. The molecule has 358 valence electrons. The predicted molar refractivity (Wildman–Crippen MR) is 252 cm³/mol. The lowest BCUT2D eigenvalue weighted by Gasteiger charge is -2.37. The summed E-state index contributed by atoms with van der Waals surface area (Å²) in [7, 11) is 3.05. The van der Waals surface area contributed by atoms with E-state index in [9.17, 15) is 26.3 Å². The largest absolute Gasteiger partial charge is 0.494 e. The van der Waals surface area contributed by atoms with E-state index in [0.717, 1.165) is 24.3 Å². The maximum atomic E-state index is 14.6. The molecule has 0 aliphatic carbocycles. The number of nitrogens with one attached hydrogen (secondary N) is 2. The maximum absolute atomic E-state index is 14.6. The van der Waals surface area contributed by atoms with Crippen LogP contribution in [0.5, 0.6) is 11.5 Å². The second kappa shape index (κ2) is 18.8. The second-order valence-electron chi connectivity index (χ2n) is 16.2. The van der Waals surface area contributed by atoms with E-state index in [4.69, 9.17) is 29.4 Å². The van der Waals surface area contributed by atoms with Crippen LogP contribution in [0.3, 0.4) is 0 Å².